The molecule has 0 bridgehead atoms. The molecule has 0 radical (unpaired) electrons. The zero-order valence-electron chi connectivity index (χ0n) is 9.99. The number of carbonyl (C=O) groups excluding carboxylic acids is 2. The van der Waals surface area contributed by atoms with Crippen molar-refractivity contribution in [1.29, 1.82) is 0 Å². The Bertz CT molecular complexity index is 508. The summed E-state index contributed by atoms with van der Waals surface area (Å²) in [5, 5.41) is 3.34. The third-order valence-electron chi connectivity index (χ3n) is 2.68. The molecule has 1 aromatic carbocycles. The molecule has 0 spiro atoms. The van der Waals surface area contributed by atoms with Gasteiger partial charge in [0.25, 0.3) is 0 Å². The van der Waals surface area contributed by atoms with Gasteiger partial charge in [0.2, 0.25) is 5.91 Å². The predicted molar refractivity (Wildman–Crippen MR) is 72.6 cm³/mol. The maximum absolute atomic E-state index is 11.7. The van der Waals surface area contributed by atoms with E-state index in [1.807, 2.05) is 0 Å². The first-order valence-corrected chi connectivity index (χ1v) is 6.49. The van der Waals surface area contributed by atoms with E-state index in [2.05, 4.69) is 5.32 Å². The summed E-state index contributed by atoms with van der Waals surface area (Å²) in [5.41, 5.74) is 0.461. The van der Waals surface area contributed by atoms with Crippen LogP contribution in [0.1, 0.15) is 6.42 Å². The van der Waals surface area contributed by atoms with E-state index in [0.717, 1.165) is 0 Å². The zero-order valence-corrected chi connectivity index (χ0v) is 11.5. The number of nitrogens with one attached hydrogen (secondary N) is 1. The number of amides is 2. The molecule has 1 aromatic rings. The Hall–Kier alpha value is -1.46. The number of ether oxygens (including phenoxy) is 1. The highest BCUT2D eigenvalue weighted by Gasteiger charge is 2.22. The fraction of sp³-hybridized carbons (Fsp3) is 0.333. The lowest BCUT2D eigenvalue weighted by molar-refractivity contribution is -0.116. The molecule has 0 saturated carbocycles. The van der Waals surface area contributed by atoms with Crippen molar-refractivity contribution in [3.05, 3.63) is 28.2 Å². The van der Waals surface area contributed by atoms with Crippen molar-refractivity contribution in [3.8, 4) is 0 Å². The fourth-order valence-electron chi connectivity index (χ4n) is 1.68. The molecule has 7 heteroatoms. The van der Waals surface area contributed by atoms with Gasteiger partial charge in [-0.15, -0.1) is 0 Å². The molecule has 1 aliphatic rings. The number of rotatable bonds is 4. The highest BCUT2D eigenvalue weighted by molar-refractivity contribution is 6.43. The minimum absolute atomic E-state index is 0.179. The first-order valence-electron chi connectivity index (χ1n) is 5.73. The molecule has 0 aliphatic carbocycles. The Labute approximate surface area is 120 Å². The fourth-order valence-corrected chi connectivity index (χ4v) is 2.03. The Morgan fingerprint density at radius 1 is 1.42 bits per heavy atom. The second-order valence-corrected chi connectivity index (χ2v) is 4.79. The maximum Gasteiger partial charge on any atom is 0.409 e. The minimum atomic E-state index is -0.381. The van der Waals surface area contributed by atoms with Crippen LogP contribution in [-0.2, 0) is 9.53 Å². The molecule has 19 heavy (non-hydrogen) atoms. The number of carbonyl (C=O) groups is 2. The van der Waals surface area contributed by atoms with Crippen LogP contribution in [0.2, 0.25) is 10.0 Å². The number of benzene rings is 1. The molecule has 1 N–H and O–H groups in total. The van der Waals surface area contributed by atoms with E-state index in [0.29, 0.717) is 35.4 Å². The average Bonchev–Trinajstić information content (AvgIpc) is 2.78. The van der Waals surface area contributed by atoms with Gasteiger partial charge in [0, 0.05) is 13.0 Å². The molecule has 1 fully saturated rings. The van der Waals surface area contributed by atoms with Crippen LogP contribution < -0.4 is 5.32 Å². The first kappa shape index (κ1) is 14.0. The van der Waals surface area contributed by atoms with E-state index < -0.39 is 0 Å². The summed E-state index contributed by atoms with van der Waals surface area (Å²) in [5.74, 6) is -0.233. The summed E-state index contributed by atoms with van der Waals surface area (Å²) in [6.07, 6.45) is -0.202. The van der Waals surface area contributed by atoms with E-state index in [4.69, 9.17) is 27.9 Å². The normalized spacial score (nSPS) is 14.4. The van der Waals surface area contributed by atoms with E-state index >= 15 is 0 Å². The van der Waals surface area contributed by atoms with Crippen molar-refractivity contribution in [1.82, 2.24) is 4.90 Å². The van der Waals surface area contributed by atoms with Gasteiger partial charge in [0.05, 0.1) is 22.3 Å². The van der Waals surface area contributed by atoms with Gasteiger partial charge in [-0.25, -0.2) is 4.79 Å². The number of hydrogen-bond donors (Lipinski definition) is 1. The van der Waals surface area contributed by atoms with Gasteiger partial charge in [-0.1, -0.05) is 29.3 Å². The van der Waals surface area contributed by atoms with Crippen LogP contribution in [0, 0.1) is 0 Å². The number of anilines is 1. The standard InChI is InChI=1S/C12H12Cl2N2O3/c13-8-2-1-3-9(11(8)14)15-10(17)4-5-16-6-7-19-12(16)18/h1-3H,4-7H2,(H,15,17). The zero-order chi connectivity index (χ0) is 13.8. The third kappa shape index (κ3) is 3.52. The number of hydrogen-bond acceptors (Lipinski definition) is 3. The van der Waals surface area contributed by atoms with E-state index in [1.165, 1.54) is 4.90 Å². The summed E-state index contributed by atoms with van der Waals surface area (Å²) in [4.78, 5) is 24.4. The van der Waals surface area contributed by atoms with Crippen molar-refractivity contribution >= 4 is 40.9 Å². The van der Waals surface area contributed by atoms with Gasteiger partial charge < -0.3 is 15.0 Å². The van der Waals surface area contributed by atoms with Crippen molar-refractivity contribution in [3.63, 3.8) is 0 Å². The molecule has 2 amide bonds. The Kier molecular flexibility index (Phi) is 4.50. The molecule has 0 unspecified atom stereocenters. The summed E-state index contributed by atoms with van der Waals surface area (Å²) in [7, 11) is 0. The number of cyclic esters (lactones) is 1. The van der Waals surface area contributed by atoms with Crippen molar-refractivity contribution < 1.29 is 14.3 Å². The molecular weight excluding hydrogens is 291 g/mol. The molecule has 0 aromatic heterocycles. The van der Waals surface area contributed by atoms with E-state index in [1.54, 1.807) is 18.2 Å². The molecule has 1 heterocycles. The van der Waals surface area contributed by atoms with Gasteiger partial charge in [-0.05, 0) is 12.1 Å². The SMILES string of the molecule is O=C(CCN1CCOC1=O)Nc1cccc(Cl)c1Cl. The van der Waals surface area contributed by atoms with Crippen LogP contribution in [0.15, 0.2) is 18.2 Å². The van der Waals surface area contributed by atoms with Crippen LogP contribution in [0.4, 0.5) is 10.5 Å². The highest BCUT2D eigenvalue weighted by Crippen LogP contribution is 2.29. The quantitative estimate of drug-likeness (QED) is 0.930. The van der Waals surface area contributed by atoms with Crippen molar-refractivity contribution in [2.24, 2.45) is 0 Å². The van der Waals surface area contributed by atoms with Gasteiger partial charge in [0.1, 0.15) is 6.61 Å². The second kappa shape index (κ2) is 6.12. The van der Waals surface area contributed by atoms with Crippen LogP contribution in [0.3, 0.4) is 0 Å². The molecule has 102 valence electrons. The average molecular weight is 303 g/mol. The monoisotopic (exact) mass is 302 g/mol. The lowest BCUT2D eigenvalue weighted by Gasteiger charge is -2.12. The lowest BCUT2D eigenvalue weighted by Crippen LogP contribution is -2.28. The van der Waals surface area contributed by atoms with Crippen LogP contribution in [0.5, 0.6) is 0 Å². The molecular formula is C12H12Cl2N2O3. The summed E-state index contributed by atoms with van der Waals surface area (Å²) >= 11 is 11.8. The summed E-state index contributed by atoms with van der Waals surface area (Å²) in [6, 6.07) is 5.00. The molecule has 5 nitrogen and oxygen atoms in total. The second-order valence-electron chi connectivity index (χ2n) is 4.00. The predicted octanol–water partition coefficient (Wildman–Crippen LogP) is 2.77. The van der Waals surface area contributed by atoms with Gasteiger partial charge in [-0.3, -0.25) is 4.79 Å². The molecule has 0 atom stereocenters. The van der Waals surface area contributed by atoms with Gasteiger partial charge >= 0.3 is 6.09 Å². The topological polar surface area (TPSA) is 58.6 Å². The highest BCUT2D eigenvalue weighted by atomic mass is 35.5. The Morgan fingerprint density at radius 3 is 2.89 bits per heavy atom. The van der Waals surface area contributed by atoms with Crippen LogP contribution in [0.25, 0.3) is 0 Å². The third-order valence-corrected chi connectivity index (χ3v) is 3.50. The molecule has 1 saturated heterocycles. The van der Waals surface area contributed by atoms with Crippen LogP contribution in [-0.4, -0.2) is 36.6 Å². The number of halogens is 2. The molecule has 2 rings (SSSR count). The van der Waals surface area contributed by atoms with Gasteiger partial charge in [-0.2, -0.15) is 0 Å². The maximum atomic E-state index is 11.7. The van der Waals surface area contributed by atoms with Crippen LogP contribution >= 0.6 is 23.2 Å². The van der Waals surface area contributed by atoms with E-state index in [-0.39, 0.29) is 18.4 Å². The minimum Gasteiger partial charge on any atom is -0.448 e. The van der Waals surface area contributed by atoms with E-state index in [9.17, 15) is 9.59 Å². The van der Waals surface area contributed by atoms with Crippen molar-refractivity contribution in [2.75, 3.05) is 25.0 Å². The summed E-state index contributed by atoms with van der Waals surface area (Å²) in [6.45, 7) is 1.22. The van der Waals surface area contributed by atoms with Gasteiger partial charge in [0.15, 0.2) is 0 Å². The van der Waals surface area contributed by atoms with Crippen molar-refractivity contribution in [2.45, 2.75) is 6.42 Å². The summed E-state index contributed by atoms with van der Waals surface area (Å²) < 4.78 is 4.77. The lowest BCUT2D eigenvalue weighted by atomic mass is 10.3. The number of nitrogens with zero attached hydrogens (tertiary/aromatic N) is 1. The Balaban J connectivity index is 1.87. The largest absolute Gasteiger partial charge is 0.448 e. The smallest absolute Gasteiger partial charge is 0.409 e. The molecule has 1 aliphatic heterocycles. The Morgan fingerprint density at radius 2 is 2.21 bits per heavy atom. The first-order chi connectivity index (χ1) is 9.08.